The average molecular weight is 216 g/mol. The Labute approximate surface area is 84.8 Å². The molecule has 0 aromatic carbocycles. The fourth-order valence-corrected chi connectivity index (χ4v) is 0.950. The number of carbonyl (C=O) groups is 1. The van der Waals surface area contributed by atoms with Gasteiger partial charge in [-0.1, -0.05) is 0 Å². The molecule has 0 saturated heterocycles. The van der Waals surface area contributed by atoms with Crippen LogP contribution in [0.4, 0.5) is 8.78 Å². The number of alkyl halides is 2. The molecule has 0 radical (unpaired) electrons. The summed E-state index contributed by atoms with van der Waals surface area (Å²) in [6.07, 6.45) is 0.161. The second kappa shape index (κ2) is 4.68. The largest absolute Gasteiger partial charge is 0.507 e. The van der Waals surface area contributed by atoms with Crippen LogP contribution in [0, 0.1) is 0 Å². The van der Waals surface area contributed by atoms with Gasteiger partial charge in [-0.15, -0.1) is 0 Å². The highest BCUT2D eigenvalue weighted by molar-refractivity contribution is 5.97. The van der Waals surface area contributed by atoms with Crippen molar-refractivity contribution >= 4 is 11.5 Å². The number of halogens is 2. The molecule has 0 aliphatic heterocycles. The van der Waals surface area contributed by atoms with E-state index in [0.29, 0.717) is 12.6 Å². The van der Waals surface area contributed by atoms with Gasteiger partial charge in [-0.25, -0.2) is 8.78 Å². The first-order chi connectivity index (χ1) is 7.04. The molecule has 1 N–H and O–H groups in total. The van der Waals surface area contributed by atoms with Crippen molar-refractivity contribution < 1.29 is 18.7 Å². The summed E-state index contributed by atoms with van der Waals surface area (Å²) in [4.78, 5) is 10.6. The Hall–Kier alpha value is -1.72. The summed E-state index contributed by atoms with van der Waals surface area (Å²) in [7, 11) is 0. The molecule has 0 aliphatic rings. The molecular weight excluding hydrogens is 206 g/mol. The van der Waals surface area contributed by atoms with Crippen molar-refractivity contribution in [2.75, 3.05) is 0 Å². The van der Waals surface area contributed by atoms with E-state index >= 15 is 0 Å². The Morgan fingerprint density at radius 3 is 2.87 bits per heavy atom. The molecule has 1 rings (SSSR count). The maximum Gasteiger partial charge on any atom is 0.300 e. The van der Waals surface area contributed by atoms with E-state index in [0.717, 1.165) is 0 Å². The van der Waals surface area contributed by atoms with Gasteiger partial charge in [0.2, 0.25) is 5.78 Å². The zero-order valence-corrected chi connectivity index (χ0v) is 8.02. The molecule has 82 valence electrons. The summed E-state index contributed by atoms with van der Waals surface area (Å²) in [6.45, 7) is 2.43. The van der Waals surface area contributed by atoms with Crippen molar-refractivity contribution in [1.29, 1.82) is 0 Å². The third-order valence-corrected chi connectivity index (χ3v) is 1.75. The maximum atomic E-state index is 11.8. The van der Waals surface area contributed by atoms with Gasteiger partial charge >= 0.3 is 0 Å². The molecule has 0 aliphatic carbocycles. The summed E-state index contributed by atoms with van der Waals surface area (Å²) in [5.41, 5.74) is 0.242. The highest BCUT2D eigenvalue weighted by Crippen LogP contribution is 2.11. The zero-order valence-electron chi connectivity index (χ0n) is 8.02. The van der Waals surface area contributed by atoms with Crippen LogP contribution in [-0.2, 0) is 11.3 Å². The Bertz CT molecular complexity index is 385. The predicted molar refractivity (Wildman–Crippen MR) is 49.5 cm³/mol. The number of hydrogen-bond donors (Lipinski definition) is 1. The van der Waals surface area contributed by atoms with Gasteiger partial charge in [0, 0.05) is 18.8 Å². The van der Waals surface area contributed by atoms with E-state index in [2.05, 4.69) is 5.10 Å². The van der Waals surface area contributed by atoms with E-state index in [1.807, 2.05) is 6.92 Å². The number of aryl methyl sites for hydroxylation is 1. The van der Waals surface area contributed by atoms with Crippen molar-refractivity contribution in [3.63, 3.8) is 0 Å². The minimum atomic E-state index is -3.10. The number of ketones is 1. The fraction of sp³-hybridized carbons (Fsp3) is 0.333. The van der Waals surface area contributed by atoms with Crippen LogP contribution in [0.1, 0.15) is 12.5 Å². The fourth-order valence-electron chi connectivity index (χ4n) is 0.950. The molecule has 1 aromatic heterocycles. The lowest BCUT2D eigenvalue weighted by molar-refractivity contribution is -0.124. The van der Waals surface area contributed by atoms with Crippen molar-refractivity contribution in [2.45, 2.75) is 19.9 Å². The van der Waals surface area contributed by atoms with Crippen molar-refractivity contribution in [2.24, 2.45) is 0 Å². The van der Waals surface area contributed by atoms with Crippen LogP contribution < -0.4 is 0 Å². The third kappa shape index (κ3) is 2.87. The minimum absolute atomic E-state index is 0.242. The van der Waals surface area contributed by atoms with Gasteiger partial charge in [-0.2, -0.15) is 5.10 Å². The first-order valence-electron chi connectivity index (χ1n) is 4.30. The summed E-state index contributed by atoms with van der Waals surface area (Å²) in [6, 6.07) is 0. The highest BCUT2D eigenvalue weighted by Gasteiger charge is 2.14. The Morgan fingerprint density at radius 1 is 1.73 bits per heavy atom. The molecule has 15 heavy (non-hydrogen) atoms. The van der Waals surface area contributed by atoms with Crippen molar-refractivity contribution in [1.82, 2.24) is 9.78 Å². The standard InChI is InChI=1S/C9H10F2N2O2/c1-2-13-5-6(4-12-13)7(14)3-8(15)9(10)11/h3-5,9,14H,2H2,1H3/b7-3-. The van der Waals surface area contributed by atoms with Crippen molar-refractivity contribution in [3.05, 3.63) is 24.0 Å². The molecule has 0 fully saturated rings. The van der Waals surface area contributed by atoms with E-state index < -0.39 is 18.0 Å². The highest BCUT2D eigenvalue weighted by atomic mass is 19.3. The summed E-state index contributed by atoms with van der Waals surface area (Å²) < 4.78 is 25.2. The molecule has 1 aromatic rings. The second-order valence-electron chi connectivity index (χ2n) is 2.82. The Balaban J connectivity index is 2.84. The van der Waals surface area contributed by atoms with Crippen LogP contribution in [0.25, 0.3) is 5.76 Å². The van der Waals surface area contributed by atoms with Gasteiger partial charge < -0.3 is 5.11 Å². The first kappa shape index (κ1) is 11.4. The van der Waals surface area contributed by atoms with Crippen LogP contribution in [-0.4, -0.2) is 27.1 Å². The average Bonchev–Trinajstić information content (AvgIpc) is 2.65. The summed E-state index contributed by atoms with van der Waals surface area (Å²) in [5, 5.41) is 13.1. The topological polar surface area (TPSA) is 55.1 Å². The van der Waals surface area contributed by atoms with Crippen LogP contribution in [0.2, 0.25) is 0 Å². The normalized spacial score (nSPS) is 12.1. The van der Waals surface area contributed by atoms with E-state index in [4.69, 9.17) is 0 Å². The lowest BCUT2D eigenvalue weighted by atomic mass is 10.2. The molecule has 0 bridgehead atoms. The SMILES string of the molecule is CCn1cc(/C(O)=C/C(=O)C(F)F)cn1. The lowest BCUT2D eigenvalue weighted by Gasteiger charge is -1.95. The molecule has 0 amide bonds. The quantitative estimate of drug-likeness (QED) is 0.614. The zero-order chi connectivity index (χ0) is 11.4. The summed E-state index contributed by atoms with van der Waals surface area (Å²) >= 11 is 0. The molecule has 0 spiro atoms. The number of aliphatic hydroxyl groups excluding tert-OH is 1. The smallest absolute Gasteiger partial charge is 0.300 e. The number of aromatic nitrogens is 2. The number of rotatable bonds is 4. The number of carbonyl (C=O) groups excluding carboxylic acids is 1. The molecule has 0 atom stereocenters. The van der Waals surface area contributed by atoms with Gasteiger partial charge in [0.05, 0.1) is 11.8 Å². The third-order valence-electron chi connectivity index (χ3n) is 1.75. The molecule has 0 unspecified atom stereocenters. The summed E-state index contributed by atoms with van der Waals surface area (Å²) in [5.74, 6) is -1.92. The van der Waals surface area contributed by atoms with E-state index in [1.165, 1.54) is 17.1 Å². The van der Waals surface area contributed by atoms with E-state index in [-0.39, 0.29) is 5.56 Å². The minimum Gasteiger partial charge on any atom is -0.507 e. The second-order valence-corrected chi connectivity index (χ2v) is 2.82. The molecule has 4 nitrogen and oxygen atoms in total. The Morgan fingerprint density at radius 2 is 2.40 bits per heavy atom. The number of allylic oxidation sites excluding steroid dienone is 1. The monoisotopic (exact) mass is 216 g/mol. The predicted octanol–water partition coefficient (Wildman–Crippen LogP) is 1.64. The van der Waals surface area contributed by atoms with Crippen LogP contribution in [0.5, 0.6) is 0 Å². The molecule has 0 saturated carbocycles. The number of nitrogens with zero attached hydrogens (tertiary/aromatic N) is 2. The Kier molecular flexibility index (Phi) is 3.54. The van der Waals surface area contributed by atoms with Crippen LogP contribution in [0.3, 0.4) is 0 Å². The van der Waals surface area contributed by atoms with Gasteiger partial charge in [0.25, 0.3) is 6.43 Å². The van der Waals surface area contributed by atoms with Gasteiger partial charge in [-0.3, -0.25) is 9.48 Å². The van der Waals surface area contributed by atoms with Gasteiger partial charge in [0.1, 0.15) is 5.76 Å². The van der Waals surface area contributed by atoms with Crippen molar-refractivity contribution in [3.8, 4) is 0 Å². The van der Waals surface area contributed by atoms with Gasteiger partial charge in [0.15, 0.2) is 0 Å². The molecular formula is C9H10F2N2O2. The number of aliphatic hydroxyl groups is 1. The van der Waals surface area contributed by atoms with Gasteiger partial charge in [-0.05, 0) is 6.92 Å². The molecule has 6 heteroatoms. The maximum absolute atomic E-state index is 11.8. The molecule has 1 heterocycles. The van der Waals surface area contributed by atoms with E-state index in [9.17, 15) is 18.7 Å². The van der Waals surface area contributed by atoms with Crippen LogP contribution >= 0.6 is 0 Å². The lowest BCUT2D eigenvalue weighted by Crippen LogP contribution is -2.06. The first-order valence-corrected chi connectivity index (χ1v) is 4.30. The number of hydrogen-bond acceptors (Lipinski definition) is 3. The van der Waals surface area contributed by atoms with Crippen LogP contribution in [0.15, 0.2) is 18.5 Å². The van der Waals surface area contributed by atoms with E-state index in [1.54, 1.807) is 0 Å².